The van der Waals surface area contributed by atoms with Gasteiger partial charge in [0.2, 0.25) is 5.91 Å². The standard InChI is InChI=1S/C58H61N6O12S3/c1-8-40(36-76-79(69,70)50-29-14-39(4)15-30-50)35-74-48-22-16-41(17-23-48)32-52(56(66)73-7)59-55(65)54(38(2)3)64-34-45(61-63-64)37-75-49-28-31-51-53(33-49)77-57(60-51)78(67,68)62-58(42-12-10-9-11-13-42,43-18-24-46(71-5)25-19-43)44-20-26-47(72-6)27-21-44/h9-31,33-34,38,40,52,54H,8,32,35-37H2,1-7H3,(H,59,65)/q-1/t40?,52?,54-/m0/s1. The maximum absolute atomic E-state index is 14.7. The lowest BCUT2D eigenvalue weighted by molar-refractivity contribution is -0.145. The lowest BCUT2D eigenvalue weighted by atomic mass is 9.78. The smallest absolute Gasteiger partial charge is 0.328 e. The Bertz CT molecular complexity index is 3510. The van der Waals surface area contributed by atoms with Crippen LogP contribution in [-0.4, -0.2) is 89.3 Å². The fourth-order valence-electron chi connectivity index (χ4n) is 8.71. The SMILES string of the molecule is CCC(COc1ccc(CC(NC(=O)[C@H](C(C)C)n2cc(COc3ccc4nc(S(=O)(=O)[N-]C(c5ccccc5)(c5ccc(OC)cc5)c5ccc(OC)cc5)sc4c3)nn2)C(=O)OC)cc1)COS(=O)(=O)c1ccc(C)cc1. The molecule has 2 aromatic heterocycles. The highest BCUT2D eigenvalue weighted by atomic mass is 32.2. The van der Waals surface area contributed by atoms with E-state index in [0.29, 0.717) is 67.6 Å². The molecule has 3 atom stereocenters. The number of carbonyl (C=O) groups is 2. The highest BCUT2D eigenvalue weighted by molar-refractivity contribution is 7.96. The molecule has 0 aliphatic rings. The largest absolute Gasteiger partial charge is 0.526 e. The van der Waals surface area contributed by atoms with Crippen LogP contribution >= 0.6 is 11.3 Å². The molecule has 21 heteroatoms. The van der Waals surface area contributed by atoms with Crippen LogP contribution in [0.5, 0.6) is 23.0 Å². The first-order chi connectivity index (χ1) is 37.9. The number of nitrogens with one attached hydrogen (secondary N) is 1. The van der Waals surface area contributed by atoms with E-state index in [1.807, 2.05) is 58.0 Å². The van der Waals surface area contributed by atoms with Crippen LogP contribution in [-0.2, 0) is 57.2 Å². The van der Waals surface area contributed by atoms with Gasteiger partial charge in [-0.25, -0.2) is 22.9 Å². The number of esters is 1. The van der Waals surface area contributed by atoms with Crippen LogP contribution in [0.15, 0.2) is 161 Å². The van der Waals surface area contributed by atoms with Gasteiger partial charge in [0.1, 0.15) is 57.4 Å². The molecule has 8 rings (SSSR count). The van der Waals surface area contributed by atoms with Crippen LogP contribution in [0, 0.1) is 18.8 Å². The second-order valence-corrected chi connectivity index (χ2v) is 23.4. The summed E-state index contributed by atoms with van der Waals surface area (Å²) in [4.78, 5) is 31.7. The molecule has 0 aliphatic carbocycles. The van der Waals surface area contributed by atoms with Crippen molar-refractivity contribution in [2.75, 3.05) is 34.5 Å². The zero-order chi connectivity index (χ0) is 56.3. The normalized spacial score (nSPS) is 13.1. The van der Waals surface area contributed by atoms with E-state index in [2.05, 4.69) is 20.6 Å². The average molecular weight is 1130 g/mol. The van der Waals surface area contributed by atoms with Crippen molar-refractivity contribution in [2.45, 2.75) is 74.0 Å². The Morgan fingerprint density at radius 2 is 1.34 bits per heavy atom. The number of thiazole rings is 1. The van der Waals surface area contributed by atoms with Gasteiger partial charge in [-0.15, -0.1) is 16.4 Å². The number of fused-ring (bicyclic) bond motifs is 1. The van der Waals surface area contributed by atoms with Gasteiger partial charge in [-0.05, 0) is 97.1 Å². The number of methoxy groups -OCH3 is 3. The van der Waals surface area contributed by atoms with Gasteiger partial charge in [-0.2, -0.15) is 8.42 Å². The molecule has 79 heavy (non-hydrogen) atoms. The van der Waals surface area contributed by atoms with E-state index in [4.69, 9.17) is 32.6 Å². The van der Waals surface area contributed by atoms with Crippen molar-refractivity contribution in [3.8, 4) is 23.0 Å². The summed E-state index contributed by atoms with van der Waals surface area (Å²) < 4.78 is 94.7. The maximum Gasteiger partial charge on any atom is 0.328 e. The van der Waals surface area contributed by atoms with E-state index in [-0.39, 0.29) is 47.3 Å². The van der Waals surface area contributed by atoms with Gasteiger partial charge in [0.05, 0.1) is 55.9 Å². The topological polar surface area (TPSA) is 228 Å². The summed E-state index contributed by atoms with van der Waals surface area (Å²) in [6.45, 7) is 7.60. The number of hydrogen-bond donors (Lipinski definition) is 1. The first-order valence-electron chi connectivity index (χ1n) is 25.3. The summed E-state index contributed by atoms with van der Waals surface area (Å²) in [5.41, 5.74) is 2.71. The number of aryl methyl sites for hydroxylation is 1. The molecule has 2 unspecified atom stereocenters. The molecule has 6 aromatic carbocycles. The monoisotopic (exact) mass is 1130 g/mol. The van der Waals surface area contributed by atoms with Gasteiger partial charge in [0, 0.05) is 12.3 Å². The summed E-state index contributed by atoms with van der Waals surface area (Å²) in [7, 11) is -4.02. The lowest BCUT2D eigenvalue weighted by Gasteiger charge is -2.47. The van der Waals surface area contributed by atoms with Crippen LogP contribution in [0.4, 0.5) is 0 Å². The fourth-order valence-corrected chi connectivity index (χ4v) is 12.2. The molecule has 0 radical (unpaired) electrons. The number of nitrogens with zero attached hydrogens (tertiary/aromatic N) is 5. The Hall–Kier alpha value is -7.69. The molecule has 0 bridgehead atoms. The molecular formula is C58H61N6O12S3-. The first kappa shape index (κ1) is 57.5. The van der Waals surface area contributed by atoms with E-state index in [0.717, 1.165) is 16.9 Å². The van der Waals surface area contributed by atoms with E-state index < -0.39 is 49.6 Å². The lowest BCUT2D eigenvalue weighted by Crippen LogP contribution is -2.47. The Labute approximate surface area is 464 Å². The molecule has 0 spiro atoms. The number of sulfonamides is 1. The number of hydrogen-bond acceptors (Lipinski definition) is 16. The van der Waals surface area contributed by atoms with Crippen molar-refractivity contribution >= 4 is 53.6 Å². The third-order valence-electron chi connectivity index (χ3n) is 13.2. The van der Waals surface area contributed by atoms with Crippen molar-refractivity contribution in [3.05, 3.63) is 190 Å². The highest BCUT2D eigenvalue weighted by Crippen LogP contribution is 2.48. The number of aromatic nitrogens is 4. The molecule has 0 fully saturated rings. The summed E-state index contributed by atoms with van der Waals surface area (Å²) in [5, 5.41) is 11.4. The van der Waals surface area contributed by atoms with Crippen molar-refractivity contribution in [1.29, 1.82) is 0 Å². The number of benzene rings is 6. The predicted octanol–water partition coefficient (Wildman–Crippen LogP) is 9.76. The molecule has 0 saturated carbocycles. The maximum atomic E-state index is 14.7. The number of ether oxygens (including phenoxy) is 5. The van der Waals surface area contributed by atoms with Gasteiger partial charge in [0.25, 0.3) is 10.1 Å². The molecule has 18 nitrogen and oxygen atoms in total. The number of rotatable bonds is 26. The summed E-state index contributed by atoms with van der Waals surface area (Å²) in [6.07, 6.45) is 2.32. The van der Waals surface area contributed by atoms with Crippen molar-refractivity contribution in [3.63, 3.8) is 0 Å². The van der Waals surface area contributed by atoms with Gasteiger partial charge in [-0.3, -0.25) is 8.98 Å². The van der Waals surface area contributed by atoms with Crippen LogP contribution in [0.1, 0.15) is 66.7 Å². The molecule has 414 valence electrons. The molecule has 0 aliphatic heterocycles. The summed E-state index contributed by atoms with van der Waals surface area (Å²) in [6, 6.07) is 40.0. The second-order valence-electron chi connectivity index (χ2n) is 18.9. The van der Waals surface area contributed by atoms with E-state index in [9.17, 15) is 26.4 Å². The molecule has 1 amide bonds. The van der Waals surface area contributed by atoms with Gasteiger partial charge in [-0.1, -0.05) is 127 Å². The van der Waals surface area contributed by atoms with E-state index in [1.165, 1.54) is 23.9 Å². The summed E-state index contributed by atoms with van der Waals surface area (Å²) >= 11 is 0.960. The third-order valence-corrected chi connectivity index (χ3v) is 17.2. The summed E-state index contributed by atoms with van der Waals surface area (Å²) in [5.74, 6) is 0.494. The van der Waals surface area contributed by atoms with Crippen LogP contribution in [0.3, 0.4) is 0 Å². The van der Waals surface area contributed by atoms with Gasteiger partial charge >= 0.3 is 5.97 Å². The van der Waals surface area contributed by atoms with Gasteiger partial charge < -0.3 is 33.7 Å². The zero-order valence-electron chi connectivity index (χ0n) is 44.6. The molecule has 0 saturated heterocycles. The molecular weight excluding hydrogens is 1070 g/mol. The fraction of sp³-hybridized carbons (Fsp3) is 0.293. The third kappa shape index (κ3) is 13.8. The van der Waals surface area contributed by atoms with E-state index >= 15 is 0 Å². The van der Waals surface area contributed by atoms with Crippen LogP contribution in [0.25, 0.3) is 14.9 Å². The molecule has 1 N–H and O–H groups in total. The zero-order valence-corrected chi connectivity index (χ0v) is 47.1. The minimum atomic E-state index is -4.46. The van der Waals surface area contributed by atoms with Crippen molar-refractivity contribution in [2.24, 2.45) is 11.8 Å². The molecule has 8 aromatic rings. The van der Waals surface area contributed by atoms with Gasteiger partial charge in [0.15, 0.2) is 4.34 Å². The average Bonchev–Trinajstić information content (AvgIpc) is 4.24. The molecule has 2 heterocycles. The van der Waals surface area contributed by atoms with Crippen molar-refractivity contribution in [1.82, 2.24) is 25.3 Å². The van der Waals surface area contributed by atoms with Crippen LogP contribution in [0.2, 0.25) is 0 Å². The van der Waals surface area contributed by atoms with Crippen LogP contribution < -0.4 is 24.3 Å². The van der Waals surface area contributed by atoms with E-state index in [1.54, 1.807) is 124 Å². The Balaban J connectivity index is 0.912. The quantitative estimate of drug-likeness (QED) is 0.0302. The number of amides is 1. The highest BCUT2D eigenvalue weighted by Gasteiger charge is 2.33. The number of carbonyl (C=O) groups excluding carboxylic acids is 2. The predicted molar refractivity (Wildman–Crippen MR) is 298 cm³/mol. The first-order valence-corrected chi connectivity index (χ1v) is 29.0. The van der Waals surface area contributed by atoms with Crippen molar-refractivity contribution < 1.29 is 54.3 Å². The minimum Gasteiger partial charge on any atom is -0.526 e. The second kappa shape index (κ2) is 25.4. The Morgan fingerprint density at radius 3 is 1.94 bits per heavy atom. The minimum absolute atomic E-state index is 0.0478. The Kier molecular flexibility index (Phi) is 18.5. The Morgan fingerprint density at radius 1 is 0.734 bits per heavy atom.